The molecule has 0 aliphatic rings. The first-order valence-electron chi connectivity index (χ1n) is 3.73. The molecule has 3 N–H and O–H groups in total. The number of primary amides is 1. The van der Waals surface area contributed by atoms with Gasteiger partial charge in [0.2, 0.25) is 0 Å². The molecule has 0 spiro atoms. The van der Waals surface area contributed by atoms with E-state index in [0.717, 1.165) is 0 Å². The molecular formula is C9H10ClNO2. The maximum absolute atomic E-state index is 11.0. The standard InChI is InChI=1S/C9H10ClNO2/c1-4-3-6(10)5(2)7(8(4)12)9(11)13/h3,12H,1-2H3,(H2,11,13). The lowest BCUT2D eigenvalue weighted by Crippen LogP contribution is -2.13. The van der Waals surface area contributed by atoms with Gasteiger partial charge in [-0.25, -0.2) is 0 Å². The summed E-state index contributed by atoms with van der Waals surface area (Å²) >= 11 is 5.82. The lowest BCUT2D eigenvalue weighted by Gasteiger charge is -2.09. The fraction of sp³-hybridized carbons (Fsp3) is 0.222. The first kappa shape index (κ1) is 9.86. The summed E-state index contributed by atoms with van der Waals surface area (Å²) in [5, 5.41) is 9.95. The number of nitrogens with two attached hydrogens (primary N) is 1. The number of rotatable bonds is 1. The molecule has 0 bridgehead atoms. The highest BCUT2D eigenvalue weighted by molar-refractivity contribution is 6.32. The summed E-state index contributed by atoms with van der Waals surface area (Å²) in [4.78, 5) is 11.0. The Kier molecular flexibility index (Phi) is 2.48. The van der Waals surface area contributed by atoms with Crippen LogP contribution in [0.25, 0.3) is 0 Å². The zero-order chi connectivity index (χ0) is 10.2. The molecule has 70 valence electrons. The van der Waals surface area contributed by atoms with E-state index in [1.54, 1.807) is 19.9 Å². The average molecular weight is 200 g/mol. The molecule has 0 aromatic heterocycles. The second-order valence-corrected chi connectivity index (χ2v) is 3.30. The van der Waals surface area contributed by atoms with Crippen molar-refractivity contribution >= 4 is 17.5 Å². The highest BCUT2D eigenvalue weighted by Crippen LogP contribution is 2.30. The number of phenols is 1. The van der Waals surface area contributed by atoms with Crippen molar-refractivity contribution in [2.75, 3.05) is 0 Å². The minimum atomic E-state index is -0.666. The third-order valence-electron chi connectivity index (χ3n) is 1.93. The van der Waals surface area contributed by atoms with Crippen LogP contribution in [0.5, 0.6) is 5.75 Å². The van der Waals surface area contributed by atoms with Gasteiger partial charge in [-0.3, -0.25) is 4.79 Å². The van der Waals surface area contributed by atoms with E-state index in [2.05, 4.69) is 0 Å². The van der Waals surface area contributed by atoms with Crippen LogP contribution in [-0.4, -0.2) is 11.0 Å². The molecule has 0 unspecified atom stereocenters. The summed E-state index contributed by atoms with van der Waals surface area (Å²) in [5.41, 5.74) is 6.25. The molecule has 1 amide bonds. The number of aryl methyl sites for hydroxylation is 1. The molecule has 0 atom stereocenters. The average Bonchev–Trinajstić information content (AvgIpc) is 2.01. The van der Waals surface area contributed by atoms with E-state index in [1.807, 2.05) is 0 Å². The SMILES string of the molecule is Cc1cc(Cl)c(C)c(C(N)=O)c1O. The topological polar surface area (TPSA) is 63.3 Å². The maximum atomic E-state index is 11.0. The zero-order valence-corrected chi connectivity index (χ0v) is 8.14. The van der Waals surface area contributed by atoms with E-state index in [-0.39, 0.29) is 11.3 Å². The smallest absolute Gasteiger partial charge is 0.252 e. The molecule has 0 aliphatic carbocycles. The Morgan fingerprint density at radius 1 is 1.54 bits per heavy atom. The van der Waals surface area contributed by atoms with Crippen LogP contribution in [0, 0.1) is 13.8 Å². The van der Waals surface area contributed by atoms with Crippen LogP contribution in [0.15, 0.2) is 6.07 Å². The van der Waals surface area contributed by atoms with Crippen molar-refractivity contribution in [1.82, 2.24) is 0 Å². The van der Waals surface area contributed by atoms with Gasteiger partial charge in [-0.05, 0) is 31.0 Å². The van der Waals surface area contributed by atoms with Gasteiger partial charge < -0.3 is 10.8 Å². The van der Waals surface area contributed by atoms with E-state index in [0.29, 0.717) is 16.1 Å². The Balaban J connectivity index is 3.56. The van der Waals surface area contributed by atoms with Gasteiger partial charge in [-0.2, -0.15) is 0 Å². The lowest BCUT2D eigenvalue weighted by molar-refractivity contribution is 0.0997. The van der Waals surface area contributed by atoms with Gasteiger partial charge >= 0.3 is 0 Å². The van der Waals surface area contributed by atoms with Crippen molar-refractivity contribution in [1.29, 1.82) is 0 Å². The van der Waals surface area contributed by atoms with Crippen molar-refractivity contribution in [3.8, 4) is 5.75 Å². The minimum absolute atomic E-state index is 0.0885. The molecule has 0 aliphatic heterocycles. The molecule has 1 rings (SSSR count). The molecule has 4 heteroatoms. The summed E-state index contributed by atoms with van der Waals surface area (Å²) < 4.78 is 0. The number of halogens is 1. The summed E-state index contributed by atoms with van der Waals surface area (Å²) in [7, 11) is 0. The van der Waals surface area contributed by atoms with Crippen molar-refractivity contribution in [3.05, 3.63) is 27.8 Å². The van der Waals surface area contributed by atoms with Gasteiger partial charge in [-0.1, -0.05) is 11.6 Å². The number of benzene rings is 1. The molecule has 1 aromatic carbocycles. The van der Waals surface area contributed by atoms with Crippen LogP contribution in [0.1, 0.15) is 21.5 Å². The molecule has 1 aromatic rings. The molecular weight excluding hydrogens is 190 g/mol. The largest absolute Gasteiger partial charge is 0.507 e. The fourth-order valence-electron chi connectivity index (χ4n) is 1.16. The fourth-order valence-corrected chi connectivity index (χ4v) is 1.42. The Bertz CT molecular complexity index is 348. The molecule has 0 fully saturated rings. The molecule has 3 nitrogen and oxygen atoms in total. The van der Waals surface area contributed by atoms with Gasteiger partial charge in [0.1, 0.15) is 5.75 Å². The van der Waals surface area contributed by atoms with Crippen LogP contribution >= 0.6 is 11.6 Å². The molecule has 13 heavy (non-hydrogen) atoms. The molecule has 0 saturated carbocycles. The van der Waals surface area contributed by atoms with Gasteiger partial charge in [0, 0.05) is 5.02 Å². The van der Waals surface area contributed by atoms with Gasteiger partial charge in [0.15, 0.2) is 0 Å². The van der Waals surface area contributed by atoms with Crippen molar-refractivity contribution in [2.45, 2.75) is 13.8 Å². The van der Waals surface area contributed by atoms with E-state index in [4.69, 9.17) is 17.3 Å². The number of carbonyl (C=O) groups excluding carboxylic acids is 1. The molecule has 0 heterocycles. The van der Waals surface area contributed by atoms with Gasteiger partial charge in [0.05, 0.1) is 5.56 Å². The highest BCUT2D eigenvalue weighted by Gasteiger charge is 2.15. The first-order chi connectivity index (χ1) is 5.95. The van der Waals surface area contributed by atoms with E-state index >= 15 is 0 Å². The Morgan fingerprint density at radius 3 is 2.54 bits per heavy atom. The highest BCUT2D eigenvalue weighted by atomic mass is 35.5. The monoisotopic (exact) mass is 199 g/mol. The maximum Gasteiger partial charge on any atom is 0.252 e. The van der Waals surface area contributed by atoms with Crippen LogP contribution in [0.3, 0.4) is 0 Å². The van der Waals surface area contributed by atoms with Crippen molar-refractivity contribution in [2.24, 2.45) is 5.73 Å². The summed E-state index contributed by atoms with van der Waals surface area (Å²) in [5.74, 6) is -0.755. The summed E-state index contributed by atoms with van der Waals surface area (Å²) in [6.07, 6.45) is 0. The first-order valence-corrected chi connectivity index (χ1v) is 4.11. The number of aromatic hydroxyl groups is 1. The third kappa shape index (κ3) is 1.60. The van der Waals surface area contributed by atoms with Crippen LogP contribution in [-0.2, 0) is 0 Å². The summed E-state index contributed by atoms with van der Waals surface area (Å²) in [6, 6.07) is 1.60. The Morgan fingerprint density at radius 2 is 2.08 bits per heavy atom. The van der Waals surface area contributed by atoms with Crippen LogP contribution in [0.2, 0.25) is 5.02 Å². The Hall–Kier alpha value is -1.22. The number of carbonyl (C=O) groups is 1. The van der Waals surface area contributed by atoms with E-state index in [1.165, 1.54) is 0 Å². The van der Waals surface area contributed by atoms with Crippen LogP contribution < -0.4 is 5.73 Å². The van der Waals surface area contributed by atoms with Crippen molar-refractivity contribution in [3.63, 3.8) is 0 Å². The zero-order valence-electron chi connectivity index (χ0n) is 7.39. The second-order valence-electron chi connectivity index (χ2n) is 2.89. The quantitative estimate of drug-likeness (QED) is 0.724. The van der Waals surface area contributed by atoms with Gasteiger partial charge in [-0.15, -0.1) is 0 Å². The minimum Gasteiger partial charge on any atom is -0.507 e. The predicted molar refractivity (Wildman–Crippen MR) is 51.1 cm³/mol. The molecule has 0 radical (unpaired) electrons. The van der Waals surface area contributed by atoms with Crippen molar-refractivity contribution < 1.29 is 9.90 Å². The number of hydrogen-bond donors (Lipinski definition) is 2. The third-order valence-corrected chi connectivity index (χ3v) is 2.33. The summed E-state index contributed by atoms with van der Waals surface area (Å²) in [6.45, 7) is 3.30. The van der Waals surface area contributed by atoms with E-state index in [9.17, 15) is 9.90 Å². The normalized spacial score (nSPS) is 10.1. The van der Waals surface area contributed by atoms with Gasteiger partial charge in [0.25, 0.3) is 5.91 Å². The van der Waals surface area contributed by atoms with E-state index < -0.39 is 5.91 Å². The Labute approximate surface area is 81.1 Å². The number of hydrogen-bond acceptors (Lipinski definition) is 2. The predicted octanol–water partition coefficient (Wildman–Crippen LogP) is 1.76. The molecule has 0 saturated heterocycles. The second kappa shape index (κ2) is 3.26. The lowest BCUT2D eigenvalue weighted by atomic mass is 10.0. The number of amides is 1. The van der Waals surface area contributed by atoms with Crippen LogP contribution in [0.4, 0.5) is 0 Å².